The standard InChI is InChI=1S/C17H23ClN2O5/c1-19(11-17(22)23)9-14-10-20(5-6-25-14)16(21)8-12-7-13(18)3-4-15(12)24-2/h3-4,7,14H,5-6,8-11H2,1-2H3,(H,22,23). The summed E-state index contributed by atoms with van der Waals surface area (Å²) in [6.45, 7) is 1.78. The molecule has 1 amide bonds. The SMILES string of the molecule is COc1ccc(Cl)cc1CC(=O)N1CCOC(CN(C)CC(=O)O)C1. The topological polar surface area (TPSA) is 79.3 Å². The van der Waals surface area contributed by atoms with Crippen molar-refractivity contribution in [2.75, 3.05) is 46.9 Å². The monoisotopic (exact) mass is 370 g/mol. The molecule has 1 N–H and O–H groups in total. The molecule has 1 unspecified atom stereocenters. The molecule has 1 aliphatic heterocycles. The van der Waals surface area contributed by atoms with E-state index >= 15 is 0 Å². The van der Waals surface area contributed by atoms with Gasteiger partial charge in [0.1, 0.15) is 5.75 Å². The van der Waals surface area contributed by atoms with Crippen molar-refractivity contribution in [1.29, 1.82) is 0 Å². The first-order chi connectivity index (χ1) is 11.9. The number of hydrogen-bond donors (Lipinski definition) is 1. The summed E-state index contributed by atoms with van der Waals surface area (Å²) in [6, 6.07) is 5.20. The molecule has 0 bridgehead atoms. The van der Waals surface area contributed by atoms with Crippen LogP contribution in [0.3, 0.4) is 0 Å². The lowest BCUT2D eigenvalue weighted by Crippen LogP contribution is -2.50. The Morgan fingerprint density at radius 2 is 2.24 bits per heavy atom. The minimum absolute atomic E-state index is 0.0326. The molecule has 1 fully saturated rings. The first kappa shape index (κ1) is 19.5. The predicted octanol–water partition coefficient (Wildman–Crippen LogP) is 1.13. The predicted molar refractivity (Wildman–Crippen MR) is 93.2 cm³/mol. The number of halogens is 1. The van der Waals surface area contributed by atoms with Crippen LogP contribution in [0.5, 0.6) is 5.75 Å². The maximum atomic E-state index is 12.6. The number of methoxy groups -OCH3 is 1. The summed E-state index contributed by atoms with van der Waals surface area (Å²) in [5.41, 5.74) is 0.742. The van der Waals surface area contributed by atoms with E-state index in [2.05, 4.69) is 0 Å². The summed E-state index contributed by atoms with van der Waals surface area (Å²) in [5, 5.41) is 9.37. The lowest BCUT2D eigenvalue weighted by molar-refractivity contribution is -0.142. The number of aliphatic carboxylic acids is 1. The van der Waals surface area contributed by atoms with Crippen LogP contribution in [0, 0.1) is 0 Å². The number of carbonyl (C=O) groups is 2. The smallest absolute Gasteiger partial charge is 0.317 e. The number of hydrogen-bond acceptors (Lipinski definition) is 5. The second-order valence-corrected chi connectivity index (χ2v) is 6.49. The van der Waals surface area contributed by atoms with Crippen molar-refractivity contribution in [2.24, 2.45) is 0 Å². The van der Waals surface area contributed by atoms with Gasteiger partial charge >= 0.3 is 5.97 Å². The normalized spacial score (nSPS) is 17.6. The summed E-state index contributed by atoms with van der Waals surface area (Å²) < 4.78 is 10.9. The van der Waals surface area contributed by atoms with Crippen molar-refractivity contribution in [1.82, 2.24) is 9.80 Å². The number of morpholine rings is 1. The van der Waals surface area contributed by atoms with Gasteiger partial charge in [-0.2, -0.15) is 0 Å². The third-order valence-corrected chi connectivity index (χ3v) is 4.23. The van der Waals surface area contributed by atoms with E-state index in [-0.39, 0.29) is 25.0 Å². The molecule has 0 aliphatic carbocycles. The zero-order valence-electron chi connectivity index (χ0n) is 14.4. The van der Waals surface area contributed by atoms with Crippen molar-refractivity contribution in [2.45, 2.75) is 12.5 Å². The largest absolute Gasteiger partial charge is 0.496 e. The highest BCUT2D eigenvalue weighted by Gasteiger charge is 2.26. The van der Waals surface area contributed by atoms with Crippen LogP contribution in [0.25, 0.3) is 0 Å². The number of amides is 1. The first-order valence-electron chi connectivity index (χ1n) is 8.01. The van der Waals surface area contributed by atoms with Crippen LogP contribution < -0.4 is 4.74 Å². The highest BCUT2D eigenvalue weighted by Crippen LogP contribution is 2.24. The van der Waals surface area contributed by atoms with E-state index in [1.54, 1.807) is 42.2 Å². The Kier molecular flexibility index (Phi) is 7.04. The summed E-state index contributed by atoms with van der Waals surface area (Å²) in [4.78, 5) is 26.8. The van der Waals surface area contributed by atoms with Crippen LogP contribution in [0.2, 0.25) is 5.02 Å². The average Bonchev–Trinajstić information content (AvgIpc) is 2.54. The molecule has 1 heterocycles. The number of benzene rings is 1. The van der Waals surface area contributed by atoms with E-state index in [0.29, 0.717) is 37.0 Å². The Labute approximate surface area is 152 Å². The first-order valence-corrected chi connectivity index (χ1v) is 8.39. The molecule has 1 saturated heterocycles. The van der Waals surface area contributed by atoms with Crippen molar-refractivity contribution in [3.8, 4) is 5.75 Å². The molecule has 8 heteroatoms. The number of carboxylic acids is 1. The Morgan fingerprint density at radius 3 is 2.92 bits per heavy atom. The van der Waals surface area contributed by atoms with Gasteiger partial charge in [-0.3, -0.25) is 14.5 Å². The fraction of sp³-hybridized carbons (Fsp3) is 0.529. The molecule has 1 aromatic rings. The Bertz CT molecular complexity index is 625. The summed E-state index contributed by atoms with van der Waals surface area (Å²) in [5.74, 6) is -0.294. The van der Waals surface area contributed by atoms with Gasteiger partial charge in [0.05, 0.1) is 32.8 Å². The lowest BCUT2D eigenvalue weighted by atomic mass is 10.1. The van der Waals surface area contributed by atoms with Crippen LogP contribution in [0.15, 0.2) is 18.2 Å². The maximum Gasteiger partial charge on any atom is 0.317 e. The second kappa shape index (κ2) is 9.03. The zero-order chi connectivity index (χ0) is 18.4. The van der Waals surface area contributed by atoms with Gasteiger partial charge in [-0.05, 0) is 25.2 Å². The number of nitrogens with zero attached hydrogens (tertiary/aromatic N) is 2. The van der Waals surface area contributed by atoms with E-state index in [0.717, 1.165) is 5.56 Å². The number of rotatable bonds is 7. The number of carboxylic acid groups (broad SMARTS) is 1. The van der Waals surface area contributed by atoms with Crippen molar-refractivity contribution in [3.63, 3.8) is 0 Å². The summed E-state index contributed by atoms with van der Waals surface area (Å²) >= 11 is 6.01. The van der Waals surface area contributed by atoms with Crippen molar-refractivity contribution >= 4 is 23.5 Å². The molecule has 25 heavy (non-hydrogen) atoms. The quantitative estimate of drug-likeness (QED) is 0.775. The fourth-order valence-corrected chi connectivity index (χ4v) is 3.05. The highest BCUT2D eigenvalue weighted by molar-refractivity contribution is 6.30. The van der Waals surface area contributed by atoms with E-state index in [9.17, 15) is 9.59 Å². The van der Waals surface area contributed by atoms with Crippen LogP contribution in [-0.2, 0) is 20.7 Å². The van der Waals surface area contributed by atoms with Gasteiger partial charge in [-0.1, -0.05) is 11.6 Å². The van der Waals surface area contributed by atoms with Gasteiger partial charge < -0.3 is 19.5 Å². The Morgan fingerprint density at radius 1 is 1.48 bits per heavy atom. The molecule has 0 saturated carbocycles. The van der Waals surface area contributed by atoms with Gasteiger partial charge in [0.25, 0.3) is 0 Å². The van der Waals surface area contributed by atoms with E-state index in [1.807, 2.05) is 0 Å². The molecule has 1 aromatic carbocycles. The van der Waals surface area contributed by atoms with E-state index in [4.69, 9.17) is 26.2 Å². The molecule has 1 aliphatic rings. The molecule has 0 radical (unpaired) electrons. The van der Waals surface area contributed by atoms with Crippen molar-refractivity contribution in [3.05, 3.63) is 28.8 Å². The lowest BCUT2D eigenvalue weighted by Gasteiger charge is -2.34. The van der Waals surface area contributed by atoms with Crippen LogP contribution in [0.4, 0.5) is 0 Å². The van der Waals surface area contributed by atoms with Gasteiger partial charge in [-0.25, -0.2) is 0 Å². The third kappa shape index (κ3) is 5.88. The van der Waals surface area contributed by atoms with Gasteiger partial charge in [0, 0.05) is 30.2 Å². The number of ether oxygens (including phenoxy) is 2. The minimum atomic E-state index is -0.890. The molecule has 0 aromatic heterocycles. The molecular formula is C17H23ClN2O5. The fourth-order valence-electron chi connectivity index (χ4n) is 2.86. The summed E-state index contributed by atoms with van der Waals surface area (Å²) in [6.07, 6.45) is -0.00942. The van der Waals surface area contributed by atoms with Gasteiger partial charge in [0.2, 0.25) is 5.91 Å². The van der Waals surface area contributed by atoms with Crippen LogP contribution in [-0.4, -0.2) is 79.8 Å². The summed E-state index contributed by atoms with van der Waals surface area (Å²) in [7, 11) is 3.27. The maximum absolute atomic E-state index is 12.6. The second-order valence-electron chi connectivity index (χ2n) is 6.06. The van der Waals surface area contributed by atoms with Gasteiger partial charge in [-0.15, -0.1) is 0 Å². The average molecular weight is 371 g/mol. The van der Waals surface area contributed by atoms with Gasteiger partial charge in [0.15, 0.2) is 0 Å². The molecular weight excluding hydrogens is 348 g/mol. The minimum Gasteiger partial charge on any atom is -0.496 e. The molecule has 7 nitrogen and oxygen atoms in total. The number of likely N-dealkylation sites (N-methyl/N-ethyl adjacent to an activating group) is 1. The van der Waals surface area contributed by atoms with E-state index in [1.165, 1.54) is 0 Å². The van der Waals surface area contributed by atoms with E-state index < -0.39 is 5.97 Å². The molecule has 0 spiro atoms. The van der Waals surface area contributed by atoms with Crippen LogP contribution in [0.1, 0.15) is 5.56 Å². The number of carbonyl (C=O) groups excluding carboxylic acids is 1. The zero-order valence-corrected chi connectivity index (χ0v) is 15.2. The molecule has 138 valence electrons. The van der Waals surface area contributed by atoms with Crippen LogP contribution >= 0.6 is 11.6 Å². The third-order valence-electron chi connectivity index (χ3n) is 4.00. The Hall–Kier alpha value is -1.83. The highest BCUT2D eigenvalue weighted by atomic mass is 35.5. The molecule has 1 atom stereocenters. The molecule has 2 rings (SSSR count). The van der Waals surface area contributed by atoms with Crippen molar-refractivity contribution < 1.29 is 24.2 Å². The Balaban J connectivity index is 1.95.